The molecule has 0 aromatic heterocycles. The second-order valence-corrected chi connectivity index (χ2v) is 6.41. The van der Waals surface area contributed by atoms with Gasteiger partial charge in [-0.05, 0) is 49.8 Å². The molecular formula is C20H18ClNO5. The Labute approximate surface area is 161 Å². The van der Waals surface area contributed by atoms with Gasteiger partial charge in [0.1, 0.15) is 0 Å². The second-order valence-electron chi connectivity index (χ2n) is 6.00. The molecule has 0 saturated carbocycles. The number of benzene rings is 2. The van der Waals surface area contributed by atoms with Crippen molar-refractivity contribution in [1.29, 1.82) is 0 Å². The standard InChI is InChI=1S/C20H18ClNO5/c1-12-3-6-15(7-4-12)22-20(24)13(2)27-18(23)8-5-14-9-16(21)19-17(10-14)25-11-26-19/h3-10,13H,11H2,1-2H3,(H,22,24)/b8-5+/t13-/m0/s1. The van der Waals surface area contributed by atoms with E-state index in [1.54, 1.807) is 24.3 Å². The summed E-state index contributed by atoms with van der Waals surface area (Å²) in [7, 11) is 0. The summed E-state index contributed by atoms with van der Waals surface area (Å²) in [5, 5.41) is 3.09. The third kappa shape index (κ3) is 4.80. The van der Waals surface area contributed by atoms with E-state index in [0.29, 0.717) is 27.8 Å². The molecule has 1 amide bonds. The van der Waals surface area contributed by atoms with Gasteiger partial charge in [-0.3, -0.25) is 4.79 Å². The van der Waals surface area contributed by atoms with Crippen LogP contribution in [0.25, 0.3) is 6.08 Å². The van der Waals surface area contributed by atoms with Crippen LogP contribution in [0.1, 0.15) is 18.1 Å². The molecule has 6 nitrogen and oxygen atoms in total. The number of rotatable bonds is 5. The van der Waals surface area contributed by atoms with Crippen molar-refractivity contribution in [1.82, 2.24) is 0 Å². The highest BCUT2D eigenvalue weighted by Gasteiger charge is 2.19. The molecule has 2 aromatic carbocycles. The minimum Gasteiger partial charge on any atom is -0.454 e. The quantitative estimate of drug-likeness (QED) is 0.621. The van der Waals surface area contributed by atoms with Crippen molar-refractivity contribution in [3.8, 4) is 11.5 Å². The molecule has 7 heteroatoms. The van der Waals surface area contributed by atoms with Gasteiger partial charge < -0.3 is 19.5 Å². The first-order chi connectivity index (χ1) is 12.9. The van der Waals surface area contributed by atoms with E-state index >= 15 is 0 Å². The lowest BCUT2D eigenvalue weighted by Crippen LogP contribution is -2.29. The van der Waals surface area contributed by atoms with Gasteiger partial charge in [-0.15, -0.1) is 0 Å². The van der Waals surface area contributed by atoms with E-state index in [2.05, 4.69) is 5.32 Å². The fourth-order valence-electron chi connectivity index (χ4n) is 2.40. The maximum atomic E-state index is 12.1. The summed E-state index contributed by atoms with van der Waals surface area (Å²) in [5.74, 6) is -0.0544. The predicted octanol–water partition coefficient (Wildman–Crippen LogP) is 3.96. The Balaban J connectivity index is 1.56. The summed E-state index contributed by atoms with van der Waals surface area (Å²) in [5.41, 5.74) is 2.37. The first kappa shape index (κ1) is 18.8. The predicted molar refractivity (Wildman–Crippen MR) is 102 cm³/mol. The van der Waals surface area contributed by atoms with Gasteiger partial charge in [0.2, 0.25) is 6.79 Å². The average molecular weight is 388 g/mol. The van der Waals surface area contributed by atoms with Crippen LogP contribution < -0.4 is 14.8 Å². The number of halogens is 1. The molecule has 0 fully saturated rings. The third-order valence-electron chi connectivity index (χ3n) is 3.84. The maximum absolute atomic E-state index is 12.1. The van der Waals surface area contributed by atoms with Crippen molar-refractivity contribution < 1.29 is 23.8 Å². The van der Waals surface area contributed by atoms with Gasteiger partial charge in [0.15, 0.2) is 17.6 Å². The van der Waals surface area contributed by atoms with Gasteiger partial charge in [-0.25, -0.2) is 4.79 Å². The van der Waals surface area contributed by atoms with Crippen LogP contribution in [0.15, 0.2) is 42.5 Å². The number of hydrogen-bond donors (Lipinski definition) is 1. The number of hydrogen-bond acceptors (Lipinski definition) is 5. The highest BCUT2D eigenvalue weighted by molar-refractivity contribution is 6.32. The van der Waals surface area contributed by atoms with Crippen LogP contribution in [-0.4, -0.2) is 24.8 Å². The summed E-state index contributed by atoms with van der Waals surface area (Å²) in [6, 6.07) is 10.7. The Morgan fingerprint density at radius 3 is 2.70 bits per heavy atom. The Bertz CT molecular complexity index is 892. The van der Waals surface area contributed by atoms with E-state index in [1.807, 2.05) is 19.1 Å². The molecule has 1 aliphatic rings. The van der Waals surface area contributed by atoms with E-state index < -0.39 is 18.0 Å². The number of nitrogens with one attached hydrogen (secondary N) is 1. The largest absolute Gasteiger partial charge is 0.454 e. The lowest BCUT2D eigenvalue weighted by molar-refractivity contribution is -0.148. The molecule has 0 spiro atoms. The number of ether oxygens (including phenoxy) is 3. The summed E-state index contributed by atoms with van der Waals surface area (Å²) in [6.07, 6.45) is 1.81. The molecule has 1 aliphatic heterocycles. The smallest absolute Gasteiger partial charge is 0.331 e. The van der Waals surface area contributed by atoms with E-state index in [1.165, 1.54) is 19.1 Å². The molecular weight excluding hydrogens is 370 g/mol. The Morgan fingerprint density at radius 2 is 1.96 bits per heavy atom. The highest BCUT2D eigenvalue weighted by Crippen LogP contribution is 2.40. The lowest BCUT2D eigenvalue weighted by Gasteiger charge is -2.12. The Morgan fingerprint density at radius 1 is 1.22 bits per heavy atom. The summed E-state index contributed by atoms with van der Waals surface area (Å²) in [4.78, 5) is 24.1. The molecule has 0 unspecified atom stereocenters. The van der Waals surface area contributed by atoms with Crippen LogP contribution in [0.3, 0.4) is 0 Å². The molecule has 1 heterocycles. The van der Waals surface area contributed by atoms with E-state index in [9.17, 15) is 9.59 Å². The zero-order valence-corrected chi connectivity index (χ0v) is 15.6. The van der Waals surface area contributed by atoms with Crippen LogP contribution in [-0.2, 0) is 14.3 Å². The molecule has 3 rings (SSSR count). The van der Waals surface area contributed by atoms with Gasteiger partial charge in [0.05, 0.1) is 5.02 Å². The monoisotopic (exact) mass is 387 g/mol. The molecule has 140 valence electrons. The summed E-state index contributed by atoms with van der Waals surface area (Å²) < 4.78 is 15.6. The topological polar surface area (TPSA) is 73.9 Å². The minimum atomic E-state index is -0.941. The molecule has 1 atom stereocenters. The fourth-order valence-corrected chi connectivity index (χ4v) is 2.67. The summed E-state index contributed by atoms with van der Waals surface area (Å²) >= 11 is 6.09. The second kappa shape index (κ2) is 8.14. The number of aryl methyl sites for hydroxylation is 1. The van der Waals surface area contributed by atoms with Crippen molar-refractivity contribution in [2.45, 2.75) is 20.0 Å². The molecule has 0 saturated heterocycles. The van der Waals surface area contributed by atoms with Crippen molar-refractivity contribution in [3.05, 3.63) is 58.6 Å². The maximum Gasteiger partial charge on any atom is 0.331 e. The van der Waals surface area contributed by atoms with E-state index in [-0.39, 0.29) is 6.79 Å². The van der Waals surface area contributed by atoms with E-state index in [4.69, 9.17) is 25.8 Å². The van der Waals surface area contributed by atoms with Crippen molar-refractivity contribution >= 4 is 35.2 Å². The SMILES string of the molecule is Cc1ccc(NC(=O)[C@H](C)OC(=O)/C=C/c2cc(Cl)c3c(c2)OCO3)cc1. The lowest BCUT2D eigenvalue weighted by atomic mass is 10.2. The number of amides is 1. The first-order valence-electron chi connectivity index (χ1n) is 8.28. The fraction of sp³-hybridized carbons (Fsp3) is 0.200. The minimum absolute atomic E-state index is 0.109. The van der Waals surface area contributed by atoms with Crippen LogP contribution in [0.4, 0.5) is 5.69 Å². The molecule has 2 aromatic rings. The number of anilines is 1. The molecule has 1 N–H and O–H groups in total. The van der Waals surface area contributed by atoms with Gasteiger partial charge in [0, 0.05) is 11.8 Å². The average Bonchev–Trinajstić information content (AvgIpc) is 3.11. The Kier molecular flexibility index (Phi) is 5.66. The number of esters is 1. The first-order valence-corrected chi connectivity index (χ1v) is 8.65. The molecule has 0 radical (unpaired) electrons. The van der Waals surface area contributed by atoms with Crippen LogP contribution >= 0.6 is 11.6 Å². The van der Waals surface area contributed by atoms with E-state index in [0.717, 1.165) is 5.56 Å². The normalized spacial score (nSPS) is 13.4. The molecule has 0 aliphatic carbocycles. The zero-order chi connectivity index (χ0) is 19.4. The van der Waals surface area contributed by atoms with Crippen LogP contribution in [0.2, 0.25) is 5.02 Å². The van der Waals surface area contributed by atoms with Crippen molar-refractivity contribution in [2.75, 3.05) is 12.1 Å². The van der Waals surface area contributed by atoms with Crippen LogP contribution in [0.5, 0.6) is 11.5 Å². The van der Waals surface area contributed by atoms with Gasteiger partial charge in [0.25, 0.3) is 5.91 Å². The van der Waals surface area contributed by atoms with Crippen LogP contribution in [0, 0.1) is 6.92 Å². The third-order valence-corrected chi connectivity index (χ3v) is 4.12. The molecule has 0 bridgehead atoms. The Hall–Kier alpha value is -2.99. The number of fused-ring (bicyclic) bond motifs is 1. The van der Waals surface area contributed by atoms with Crippen molar-refractivity contribution in [3.63, 3.8) is 0 Å². The number of carbonyl (C=O) groups excluding carboxylic acids is 2. The van der Waals surface area contributed by atoms with Gasteiger partial charge in [-0.2, -0.15) is 0 Å². The summed E-state index contributed by atoms with van der Waals surface area (Å²) in [6.45, 7) is 3.57. The van der Waals surface area contributed by atoms with Gasteiger partial charge >= 0.3 is 5.97 Å². The number of carbonyl (C=O) groups is 2. The highest BCUT2D eigenvalue weighted by atomic mass is 35.5. The van der Waals surface area contributed by atoms with Gasteiger partial charge in [-0.1, -0.05) is 29.3 Å². The van der Waals surface area contributed by atoms with Crippen molar-refractivity contribution in [2.24, 2.45) is 0 Å². The molecule has 27 heavy (non-hydrogen) atoms. The zero-order valence-electron chi connectivity index (χ0n) is 14.8.